The molecule has 3 rings (SSSR count). The quantitative estimate of drug-likeness (QED) is 0.524. The molecule has 2 aliphatic rings. The van der Waals surface area contributed by atoms with Gasteiger partial charge in [-0.3, -0.25) is 4.79 Å². The first-order valence-corrected chi connectivity index (χ1v) is 8.91. The van der Waals surface area contributed by atoms with E-state index in [2.05, 4.69) is 5.32 Å². The highest BCUT2D eigenvalue weighted by Crippen LogP contribution is 2.31. The van der Waals surface area contributed by atoms with Gasteiger partial charge in [0.1, 0.15) is 11.2 Å². The van der Waals surface area contributed by atoms with Crippen molar-refractivity contribution < 1.29 is 17.4 Å². The van der Waals surface area contributed by atoms with Gasteiger partial charge in [-0.05, 0) is 43.9 Å². The minimum absolute atomic E-state index is 0.00629. The van der Waals surface area contributed by atoms with E-state index in [0.29, 0.717) is 24.3 Å². The first kappa shape index (κ1) is 15.2. The average Bonchev–Trinajstić information content (AvgIpc) is 2.54. The second-order valence-corrected chi connectivity index (χ2v) is 7.37. The van der Waals surface area contributed by atoms with Crippen molar-refractivity contribution in [1.82, 2.24) is 5.32 Å². The SMILES string of the molecule is O=C1CC2CCCNC2C/C1=C\OS(=O)(=O)c1ccccc1. The lowest BCUT2D eigenvalue weighted by atomic mass is 9.77. The number of carbonyl (C=O) groups excluding carboxylic acids is 1. The van der Waals surface area contributed by atoms with Crippen molar-refractivity contribution in [2.75, 3.05) is 6.54 Å². The van der Waals surface area contributed by atoms with E-state index in [4.69, 9.17) is 4.18 Å². The number of fused-ring (bicyclic) bond motifs is 1. The van der Waals surface area contributed by atoms with Crippen LogP contribution in [-0.2, 0) is 19.1 Å². The van der Waals surface area contributed by atoms with Crippen LogP contribution in [0.5, 0.6) is 0 Å². The van der Waals surface area contributed by atoms with Crippen LogP contribution in [0.25, 0.3) is 0 Å². The van der Waals surface area contributed by atoms with Gasteiger partial charge >= 0.3 is 10.1 Å². The number of hydrogen-bond acceptors (Lipinski definition) is 5. The molecule has 0 bridgehead atoms. The summed E-state index contributed by atoms with van der Waals surface area (Å²) >= 11 is 0. The largest absolute Gasteiger partial charge is 0.387 e. The van der Waals surface area contributed by atoms with Gasteiger partial charge in [0, 0.05) is 18.0 Å². The van der Waals surface area contributed by atoms with E-state index in [0.717, 1.165) is 25.6 Å². The fourth-order valence-corrected chi connectivity index (χ4v) is 3.95. The maximum Gasteiger partial charge on any atom is 0.338 e. The molecule has 1 aliphatic heterocycles. The number of rotatable bonds is 3. The highest BCUT2D eigenvalue weighted by atomic mass is 32.2. The Morgan fingerprint density at radius 3 is 2.73 bits per heavy atom. The third-order valence-electron chi connectivity index (χ3n) is 4.32. The Hall–Kier alpha value is -1.66. The molecule has 118 valence electrons. The number of ketones is 1. The molecule has 1 aromatic carbocycles. The highest BCUT2D eigenvalue weighted by molar-refractivity contribution is 7.86. The molecule has 1 N–H and O–H groups in total. The molecule has 1 aromatic rings. The predicted molar refractivity (Wildman–Crippen MR) is 81.6 cm³/mol. The first-order valence-electron chi connectivity index (χ1n) is 7.50. The lowest BCUT2D eigenvalue weighted by Crippen LogP contribution is -2.45. The van der Waals surface area contributed by atoms with E-state index in [9.17, 15) is 13.2 Å². The fourth-order valence-electron chi connectivity index (χ4n) is 3.10. The third-order valence-corrected chi connectivity index (χ3v) is 5.52. The normalized spacial score (nSPS) is 27.5. The standard InChI is InChI=1S/C16H19NO4S/c18-16-10-12-5-4-8-17-15(12)9-13(16)11-21-22(19,20)14-6-2-1-3-7-14/h1-3,6-7,11-12,15,17H,4-5,8-10H2/b13-11+. The zero-order chi connectivity index (χ0) is 15.6. The first-order chi connectivity index (χ1) is 10.6. The average molecular weight is 321 g/mol. The molecule has 1 aliphatic carbocycles. The molecule has 0 aromatic heterocycles. The Morgan fingerprint density at radius 2 is 1.95 bits per heavy atom. The van der Waals surface area contributed by atoms with Gasteiger partial charge in [-0.25, -0.2) is 0 Å². The molecule has 1 saturated heterocycles. The summed E-state index contributed by atoms with van der Waals surface area (Å²) in [6.07, 6.45) is 4.27. The van der Waals surface area contributed by atoms with E-state index >= 15 is 0 Å². The van der Waals surface area contributed by atoms with Crippen molar-refractivity contribution in [2.45, 2.75) is 36.6 Å². The monoisotopic (exact) mass is 321 g/mol. The van der Waals surface area contributed by atoms with Crippen LogP contribution in [0.3, 0.4) is 0 Å². The zero-order valence-corrected chi connectivity index (χ0v) is 13.0. The van der Waals surface area contributed by atoms with Crippen LogP contribution in [0, 0.1) is 5.92 Å². The van der Waals surface area contributed by atoms with E-state index < -0.39 is 10.1 Å². The van der Waals surface area contributed by atoms with Gasteiger partial charge in [-0.15, -0.1) is 0 Å². The molecule has 5 nitrogen and oxygen atoms in total. The summed E-state index contributed by atoms with van der Waals surface area (Å²) in [5, 5.41) is 3.40. The Labute approximate surface area is 130 Å². The lowest BCUT2D eigenvalue weighted by Gasteiger charge is -2.36. The number of carbonyl (C=O) groups is 1. The molecule has 0 amide bonds. The minimum Gasteiger partial charge on any atom is -0.387 e. The molecule has 0 radical (unpaired) electrons. The molecule has 1 saturated carbocycles. The number of hydrogen-bond donors (Lipinski definition) is 1. The number of benzene rings is 1. The van der Waals surface area contributed by atoms with Crippen LogP contribution >= 0.6 is 0 Å². The van der Waals surface area contributed by atoms with E-state index in [1.54, 1.807) is 18.2 Å². The maximum atomic E-state index is 12.1. The van der Waals surface area contributed by atoms with Gasteiger partial charge in [0.15, 0.2) is 5.78 Å². The van der Waals surface area contributed by atoms with E-state index in [-0.39, 0.29) is 16.7 Å². The molecule has 1 heterocycles. The van der Waals surface area contributed by atoms with Crippen LogP contribution in [0.1, 0.15) is 25.7 Å². The number of piperidine rings is 1. The van der Waals surface area contributed by atoms with Gasteiger partial charge < -0.3 is 9.50 Å². The van der Waals surface area contributed by atoms with Crippen LogP contribution in [-0.4, -0.2) is 26.8 Å². The fraction of sp³-hybridized carbons (Fsp3) is 0.438. The van der Waals surface area contributed by atoms with Crippen molar-refractivity contribution in [1.29, 1.82) is 0 Å². The molecular weight excluding hydrogens is 302 g/mol. The molecule has 2 atom stereocenters. The number of Topliss-reactive ketones (excluding diaryl/α,β-unsaturated/α-hetero) is 1. The highest BCUT2D eigenvalue weighted by Gasteiger charge is 2.34. The van der Waals surface area contributed by atoms with Crippen molar-refractivity contribution in [3.8, 4) is 0 Å². The zero-order valence-electron chi connectivity index (χ0n) is 12.2. The van der Waals surface area contributed by atoms with Gasteiger partial charge in [0.05, 0.1) is 0 Å². The summed E-state index contributed by atoms with van der Waals surface area (Å²) in [5.41, 5.74) is 0.454. The summed E-state index contributed by atoms with van der Waals surface area (Å²) in [7, 11) is -3.86. The lowest BCUT2D eigenvalue weighted by molar-refractivity contribution is -0.118. The Kier molecular flexibility index (Phi) is 4.31. The number of nitrogens with one attached hydrogen (secondary N) is 1. The van der Waals surface area contributed by atoms with Gasteiger partial charge in [0.2, 0.25) is 0 Å². The second kappa shape index (κ2) is 6.22. The summed E-state index contributed by atoms with van der Waals surface area (Å²) in [6.45, 7) is 0.950. The predicted octanol–water partition coefficient (Wildman–Crippen LogP) is 2.01. The van der Waals surface area contributed by atoms with Crippen LogP contribution in [0.4, 0.5) is 0 Å². The summed E-state index contributed by atoms with van der Waals surface area (Å²) in [5.74, 6) is 0.359. The smallest absolute Gasteiger partial charge is 0.338 e. The van der Waals surface area contributed by atoms with Gasteiger partial charge in [-0.1, -0.05) is 18.2 Å². The molecule has 0 spiro atoms. The Morgan fingerprint density at radius 1 is 1.18 bits per heavy atom. The molecule has 2 unspecified atom stereocenters. The molecule has 2 fully saturated rings. The van der Waals surface area contributed by atoms with Crippen molar-refractivity contribution in [3.05, 3.63) is 42.2 Å². The van der Waals surface area contributed by atoms with Crippen molar-refractivity contribution in [3.63, 3.8) is 0 Å². The summed E-state index contributed by atoms with van der Waals surface area (Å²) in [6, 6.07) is 8.18. The molecular formula is C16H19NO4S. The minimum atomic E-state index is -3.86. The van der Waals surface area contributed by atoms with Crippen molar-refractivity contribution in [2.24, 2.45) is 5.92 Å². The summed E-state index contributed by atoms with van der Waals surface area (Å²) < 4.78 is 29.1. The Balaban J connectivity index is 1.73. The van der Waals surface area contributed by atoms with E-state index in [1.807, 2.05) is 0 Å². The van der Waals surface area contributed by atoms with E-state index in [1.165, 1.54) is 12.1 Å². The Bertz CT molecular complexity index is 681. The van der Waals surface area contributed by atoms with Crippen LogP contribution in [0.15, 0.2) is 47.1 Å². The van der Waals surface area contributed by atoms with Gasteiger partial charge in [-0.2, -0.15) is 8.42 Å². The van der Waals surface area contributed by atoms with Crippen molar-refractivity contribution >= 4 is 15.9 Å². The third kappa shape index (κ3) is 3.23. The van der Waals surface area contributed by atoms with Gasteiger partial charge in [0.25, 0.3) is 0 Å². The molecule has 6 heteroatoms. The topological polar surface area (TPSA) is 72.5 Å². The summed E-state index contributed by atoms with van der Waals surface area (Å²) in [4.78, 5) is 12.2. The second-order valence-electron chi connectivity index (χ2n) is 5.80. The van der Waals surface area contributed by atoms with Crippen LogP contribution < -0.4 is 5.32 Å². The molecule has 22 heavy (non-hydrogen) atoms. The van der Waals surface area contributed by atoms with Crippen LogP contribution in [0.2, 0.25) is 0 Å². The maximum absolute atomic E-state index is 12.1.